The van der Waals surface area contributed by atoms with Crippen molar-refractivity contribution >= 4 is 11.8 Å². The molecule has 0 bridgehead atoms. The van der Waals surface area contributed by atoms with E-state index in [0.29, 0.717) is 12.5 Å². The molecule has 1 atom stereocenters. The number of piperazine rings is 1. The zero-order valence-electron chi connectivity index (χ0n) is 18.7. The summed E-state index contributed by atoms with van der Waals surface area (Å²) in [5.41, 5.74) is 1.04. The van der Waals surface area contributed by atoms with Crippen LogP contribution in [0.3, 0.4) is 0 Å². The topological polar surface area (TPSA) is 55.9 Å². The largest absolute Gasteiger partial charge is 0.353 e. The van der Waals surface area contributed by atoms with Gasteiger partial charge in [0.2, 0.25) is 11.8 Å². The van der Waals surface area contributed by atoms with Crippen molar-refractivity contribution in [3.8, 4) is 0 Å². The van der Waals surface area contributed by atoms with Gasteiger partial charge in [-0.2, -0.15) is 0 Å². The maximum absolute atomic E-state index is 13.0. The number of nitrogens with zero attached hydrogens (tertiary/aromatic N) is 3. The van der Waals surface area contributed by atoms with Crippen molar-refractivity contribution in [3.63, 3.8) is 0 Å². The second kappa shape index (κ2) is 11.5. The molecule has 0 radical (unpaired) electrons. The van der Waals surface area contributed by atoms with Crippen LogP contribution in [0, 0.1) is 5.92 Å². The highest BCUT2D eigenvalue weighted by molar-refractivity contribution is 5.83. The summed E-state index contributed by atoms with van der Waals surface area (Å²) in [5, 5.41) is 3.15. The summed E-state index contributed by atoms with van der Waals surface area (Å²) >= 11 is 0. The molecule has 1 aromatic rings. The van der Waals surface area contributed by atoms with Gasteiger partial charge in [-0.3, -0.25) is 19.4 Å². The summed E-state index contributed by atoms with van der Waals surface area (Å²) in [7, 11) is 0. The average Bonchev–Trinajstić information content (AvgIpc) is 3.33. The van der Waals surface area contributed by atoms with Crippen molar-refractivity contribution in [1.82, 2.24) is 20.0 Å². The number of carbonyl (C=O) groups is 2. The number of amides is 2. The third kappa shape index (κ3) is 5.82. The summed E-state index contributed by atoms with van der Waals surface area (Å²) in [4.78, 5) is 32.2. The van der Waals surface area contributed by atoms with Crippen LogP contribution in [0.4, 0.5) is 0 Å². The van der Waals surface area contributed by atoms with Crippen LogP contribution in [0.2, 0.25) is 0 Å². The van der Waals surface area contributed by atoms with Crippen LogP contribution in [-0.4, -0.2) is 78.9 Å². The first-order valence-electron chi connectivity index (χ1n) is 11.7. The van der Waals surface area contributed by atoms with Crippen LogP contribution in [0.25, 0.3) is 0 Å². The Labute approximate surface area is 181 Å². The highest BCUT2D eigenvalue weighted by atomic mass is 16.2. The number of hydrogen-bond donors (Lipinski definition) is 1. The van der Waals surface area contributed by atoms with Crippen LogP contribution in [0.5, 0.6) is 0 Å². The van der Waals surface area contributed by atoms with Crippen molar-refractivity contribution in [2.45, 2.75) is 45.6 Å². The van der Waals surface area contributed by atoms with Crippen molar-refractivity contribution in [3.05, 3.63) is 35.9 Å². The van der Waals surface area contributed by atoms with Crippen molar-refractivity contribution in [1.29, 1.82) is 0 Å². The lowest BCUT2D eigenvalue weighted by atomic mass is 10.0. The number of nitrogens with one attached hydrogen (secondary N) is 1. The summed E-state index contributed by atoms with van der Waals surface area (Å²) in [6.45, 7) is 10.7. The predicted octanol–water partition coefficient (Wildman–Crippen LogP) is 2.52. The van der Waals surface area contributed by atoms with Crippen LogP contribution in [0.1, 0.15) is 51.1 Å². The predicted molar refractivity (Wildman–Crippen MR) is 120 cm³/mol. The fourth-order valence-corrected chi connectivity index (χ4v) is 4.81. The van der Waals surface area contributed by atoms with Gasteiger partial charge >= 0.3 is 0 Å². The van der Waals surface area contributed by atoms with Crippen LogP contribution in [0.15, 0.2) is 30.3 Å². The highest BCUT2D eigenvalue weighted by Gasteiger charge is 2.29. The number of hydrogen-bond acceptors (Lipinski definition) is 4. The van der Waals surface area contributed by atoms with Crippen LogP contribution in [-0.2, 0) is 9.59 Å². The van der Waals surface area contributed by atoms with Gasteiger partial charge in [0, 0.05) is 45.2 Å². The maximum Gasteiger partial charge on any atom is 0.242 e. The molecule has 2 fully saturated rings. The number of benzene rings is 1. The SMILES string of the molecule is CCN(CC)C(C(=O)NCCN1CCN(C(=O)C2CCCC2)CC1)c1ccccc1. The zero-order valence-corrected chi connectivity index (χ0v) is 18.7. The van der Waals surface area contributed by atoms with Gasteiger partial charge in [0.25, 0.3) is 0 Å². The normalized spacial score (nSPS) is 19.2. The van der Waals surface area contributed by atoms with E-state index in [9.17, 15) is 9.59 Å². The van der Waals surface area contributed by atoms with Crippen LogP contribution >= 0.6 is 0 Å². The fourth-order valence-electron chi connectivity index (χ4n) is 4.81. The molecule has 0 aromatic heterocycles. The average molecular weight is 415 g/mol. The van der Waals surface area contributed by atoms with E-state index in [4.69, 9.17) is 0 Å². The molecule has 2 aliphatic rings. The third-order valence-electron chi connectivity index (χ3n) is 6.66. The molecule has 1 aliphatic carbocycles. The smallest absolute Gasteiger partial charge is 0.242 e. The van der Waals surface area contributed by atoms with E-state index >= 15 is 0 Å². The van der Waals surface area contributed by atoms with E-state index < -0.39 is 0 Å². The van der Waals surface area contributed by atoms with Gasteiger partial charge in [0.1, 0.15) is 6.04 Å². The Kier molecular flexibility index (Phi) is 8.70. The van der Waals surface area contributed by atoms with Gasteiger partial charge in [0.15, 0.2) is 0 Å². The summed E-state index contributed by atoms with van der Waals surface area (Å²) in [6.07, 6.45) is 4.54. The standard InChI is InChI=1S/C24H38N4O2/c1-3-27(4-2)22(20-10-6-5-7-11-20)23(29)25-14-15-26-16-18-28(19-17-26)24(30)21-12-8-9-13-21/h5-7,10-11,21-22H,3-4,8-9,12-19H2,1-2H3,(H,25,29). The van der Waals surface area contributed by atoms with E-state index in [-0.39, 0.29) is 17.9 Å². The fraction of sp³-hybridized carbons (Fsp3) is 0.667. The molecule has 1 unspecified atom stereocenters. The molecule has 1 N–H and O–H groups in total. The Morgan fingerprint density at radius 1 is 1.03 bits per heavy atom. The van der Waals surface area contributed by atoms with Crippen molar-refractivity contribution in [2.75, 3.05) is 52.4 Å². The Morgan fingerprint density at radius 3 is 2.27 bits per heavy atom. The van der Waals surface area contributed by atoms with Gasteiger partial charge in [-0.05, 0) is 31.5 Å². The number of carbonyl (C=O) groups excluding carboxylic acids is 2. The monoisotopic (exact) mass is 414 g/mol. The summed E-state index contributed by atoms with van der Waals surface area (Å²) in [5.74, 6) is 0.705. The van der Waals surface area contributed by atoms with Crippen molar-refractivity contribution < 1.29 is 9.59 Å². The second-order valence-electron chi connectivity index (χ2n) is 8.47. The van der Waals surface area contributed by atoms with Crippen molar-refractivity contribution in [2.24, 2.45) is 5.92 Å². The summed E-state index contributed by atoms with van der Waals surface area (Å²) < 4.78 is 0. The molecule has 1 heterocycles. The Morgan fingerprint density at radius 2 is 1.67 bits per heavy atom. The van der Waals surface area contributed by atoms with E-state index in [0.717, 1.165) is 64.2 Å². The van der Waals surface area contributed by atoms with E-state index in [1.54, 1.807) is 0 Å². The molecule has 1 aromatic carbocycles. The molecule has 2 amide bonds. The zero-order chi connectivity index (χ0) is 21.3. The highest BCUT2D eigenvalue weighted by Crippen LogP contribution is 2.27. The van der Waals surface area contributed by atoms with E-state index in [2.05, 4.69) is 33.9 Å². The minimum atomic E-state index is -0.248. The third-order valence-corrected chi connectivity index (χ3v) is 6.66. The van der Waals surface area contributed by atoms with Gasteiger partial charge in [0.05, 0.1) is 0 Å². The van der Waals surface area contributed by atoms with Gasteiger partial charge < -0.3 is 10.2 Å². The minimum absolute atomic E-state index is 0.0694. The number of rotatable bonds is 9. The molecule has 6 heteroatoms. The lowest BCUT2D eigenvalue weighted by Crippen LogP contribution is -2.51. The van der Waals surface area contributed by atoms with Gasteiger partial charge in [-0.15, -0.1) is 0 Å². The van der Waals surface area contributed by atoms with E-state index in [1.165, 1.54) is 12.8 Å². The minimum Gasteiger partial charge on any atom is -0.353 e. The maximum atomic E-state index is 13.0. The quantitative estimate of drug-likeness (QED) is 0.675. The summed E-state index contributed by atoms with van der Waals surface area (Å²) in [6, 6.07) is 9.78. The van der Waals surface area contributed by atoms with E-state index in [1.807, 2.05) is 30.3 Å². The number of likely N-dealkylation sites (N-methyl/N-ethyl adjacent to an activating group) is 1. The molecule has 1 aliphatic heterocycles. The van der Waals surface area contributed by atoms with Gasteiger partial charge in [-0.1, -0.05) is 57.0 Å². The Balaban J connectivity index is 1.45. The lowest BCUT2D eigenvalue weighted by molar-refractivity contribution is -0.137. The molecule has 1 saturated carbocycles. The molecule has 6 nitrogen and oxygen atoms in total. The first-order valence-corrected chi connectivity index (χ1v) is 11.7. The molecule has 166 valence electrons. The molecular weight excluding hydrogens is 376 g/mol. The Hall–Kier alpha value is -1.92. The lowest BCUT2D eigenvalue weighted by Gasteiger charge is -2.36. The van der Waals surface area contributed by atoms with Crippen LogP contribution < -0.4 is 5.32 Å². The Bertz CT molecular complexity index is 663. The van der Waals surface area contributed by atoms with Gasteiger partial charge in [-0.25, -0.2) is 0 Å². The molecular formula is C24H38N4O2. The molecule has 1 saturated heterocycles. The first-order chi connectivity index (χ1) is 14.6. The molecule has 0 spiro atoms. The molecule has 30 heavy (non-hydrogen) atoms. The first kappa shape index (κ1) is 22.8. The molecule has 3 rings (SSSR count). The second-order valence-corrected chi connectivity index (χ2v) is 8.47.